The maximum Gasteiger partial charge on any atom is 0.305 e. The normalized spacial score (nSPS) is 13.6. The van der Waals surface area contributed by atoms with Crippen molar-refractivity contribution in [1.29, 1.82) is 0 Å². The van der Waals surface area contributed by atoms with Gasteiger partial charge in [-0.15, -0.1) is 0 Å². The number of methoxy groups -OCH3 is 1. The van der Waals surface area contributed by atoms with E-state index in [1.165, 1.54) is 19.2 Å². The van der Waals surface area contributed by atoms with Crippen molar-refractivity contribution in [1.82, 2.24) is 5.32 Å². The third-order valence-electron chi connectivity index (χ3n) is 3.61. The first-order valence-corrected chi connectivity index (χ1v) is 8.86. The molecule has 0 fully saturated rings. The summed E-state index contributed by atoms with van der Waals surface area (Å²) in [5.74, 6) is -1.79. The Labute approximate surface area is 164 Å². The Morgan fingerprint density at radius 1 is 1.15 bits per heavy atom. The van der Waals surface area contributed by atoms with E-state index in [0.717, 1.165) is 0 Å². The molecule has 0 spiro atoms. The molecule has 0 radical (unpaired) electrons. The number of aliphatic carboxylic acids is 1. The van der Waals surface area contributed by atoms with Crippen LogP contribution in [0.2, 0.25) is 5.02 Å². The number of rotatable bonds is 8. The summed E-state index contributed by atoms with van der Waals surface area (Å²) in [5, 5.41) is 14.7. The molecule has 0 saturated heterocycles. The number of ether oxygens (including phenoxy) is 1. The summed E-state index contributed by atoms with van der Waals surface area (Å²) < 4.78 is 5.03. The number of carboxylic acid groups (broad SMARTS) is 1. The zero-order chi connectivity index (χ0) is 20.8. The van der Waals surface area contributed by atoms with Gasteiger partial charge in [0.2, 0.25) is 5.91 Å². The van der Waals surface area contributed by atoms with Gasteiger partial charge < -0.3 is 20.5 Å². The lowest BCUT2D eigenvalue weighted by Crippen LogP contribution is -2.50. The molecule has 2 amide bonds. The van der Waals surface area contributed by atoms with Gasteiger partial charge in [-0.3, -0.25) is 14.4 Å². The van der Waals surface area contributed by atoms with Crippen LogP contribution in [0, 0.1) is 5.41 Å². The predicted molar refractivity (Wildman–Crippen MR) is 104 cm³/mol. The molecule has 0 aromatic heterocycles. The summed E-state index contributed by atoms with van der Waals surface area (Å²) in [4.78, 5) is 35.8. The predicted octanol–water partition coefficient (Wildman–Crippen LogP) is 3.32. The summed E-state index contributed by atoms with van der Waals surface area (Å²) in [5.41, 5.74) is -0.703. The summed E-state index contributed by atoms with van der Waals surface area (Å²) in [7, 11) is 1.42. The Morgan fingerprint density at radius 3 is 2.30 bits per heavy atom. The standard InChI is InChI=1S/C19H27ClN2O5/c1-18(2,3)9-15(23)21-12-6-7-14(20)13(8-12)17(26)22-19(4,11-27-5)10-16(24)25/h6-8H,9-11H2,1-5H3,(H,21,23)(H,22,26)(H,24,25). The molecule has 0 aliphatic rings. The number of benzene rings is 1. The molecule has 1 aromatic carbocycles. The van der Waals surface area contributed by atoms with Crippen LogP contribution in [-0.4, -0.2) is 42.1 Å². The number of nitrogens with one attached hydrogen (secondary N) is 2. The highest BCUT2D eigenvalue weighted by atomic mass is 35.5. The Morgan fingerprint density at radius 2 is 1.78 bits per heavy atom. The first kappa shape index (κ1) is 22.9. The molecule has 27 heavy (non-hydrogen) atoms. The van der Waals surface area contributed by atoms with E-state index in [9.17, 15) is 14.4 Å². The molecule has 3 N–H and O–H groups in total. The molecule has 1 rings (SSSR count). The van der Waals surface area contributed by atoms with Gasteiger partial charge in [0, 0.05) is 19.2 Å². The summed E-state index contributed by atoms with van der Waals surface area (Å²) in [6.45, 7) is 7.45. The lowest BCUT2D eigenvalue weighted by molar-refractivity contribution is -0.139. The minimum Gasteiger partial charge on any atom is -0.481 e. The Balaban J connectivity index is 2.99. The third-order valence-corrected chi connectivity index (χ3v) is 3.93. The van der Waals surface area contributed by atoms with Gasteiger partial charge in [0.25, 0.3) is 5.91 Å². The van der Waals surface area contributed by atoms with Crippen molar-refractivity contribution < 1.29 is 24.2 Å². The molecule has 1 unspecified atom stereocenters. The molecular formula is C19H27ClN2O5. The average molecular weight is 399 g/mol. The van der Waals surface area contributed by atoms with Gasteiger partial charge in [0.1, 0.15) is 0 Å². The van der Waals surface area contributed by atoms with E-state index in [-0.39, 0.29) is 34.9 Å². The number of halogens is 1. The van der Waals surface area contributed by atoms with Crippen LogP contribution in [0.25, 0.3) is 0 Å². The fourth-order valence-electron chi connectivity index (χ4n) is 2.59. The molecule has 1 atom stereocenters. The van der Waals surface area contributed by atoms with E-state index >= 15 is 0 Å². The van der Waals surface area contributed by atoms with Crippen LogP contribution in [0.1, 0.15) is 50.9 Å². The molecule has 7 nitrogen and oxygen atoms in total. The van der Waals surface area contributed by atoms with Crippen molar-refractivity contribution in [3.63, 3.8) is 0 Å². The van der Waals surface area contributed by atoms with Crippen molar-refractivity contribution in [2.45, 2.75) is 46.1 Å². The molecule has 8 heteroatoms. The maximum atomic E-state index is 12.6. The lowest BCUT2D eigenvalue weighted by atomic mass is 9.92. The molecular weight excluding hydrogens is 372 g/mol. The zero-order valence-corrected chi connectivity index (χ0v) is 17.1. The Bertz CT molecular complexity index is 715. The minimum absolute atomic E-state index is 0.0185. The SMILES string of the molecule is COCC(C)(CC(=O)O)NC(=O)c1cc(NC(=O)CC(C)(C)C)ccc1Cl. The van der Waals surface area contributed by atoms with Gasteiger partial charge in [-0.2, -0.15) is 0 Å². The van der Waals surface area contributed by atoms with Gasteiger partial charge in [-0.05, 0) is 30.5 Å². The quantitative estimate of drug-likeness (QED) is 0.623. The molecule has 0 heterocycles. The smallest absolute Gasteiger partial charge is 0.305 e. The van der Waals surface area contributed by atoms with Gasteiger partial charge in [0.15, 0.2) is 0 Å². The fraction of sp³-hybridized carbons (Fsp3) is 0.526. The van der Waals surface area contributed by atoms with Crippen molar-refractivity contribution in [3.05, 3.63) is 28.8 Å². The number of carbonyl (C=O) groups excluding carboxylic acids is 2. The molecule has 0 aliphatic heterocycles. The monoisotopic (exact) mass is 398 g/mol. The number of carbonyl (C=O) groups is 3. The van der Waals surface area contributed by atoms with Crippen LogP contribution < -0.4 is 10.6 Å². The van der Waals surface area contributed by atoms with E-state index in [2.05, 4.69) is 10.6 Å². The van der Waals surface area contributed by atoms with Crippen molar-refractivity contribution in [2.75, 3.05) is 19.0 Å². The largest absolute Gasteiger partial charge is 0.481 e. The maximum absolute atomic E-state index is 12.6. The topological polar surface area (TPSA) is 105 Å². The van der Waals surface area contributed by atoms with Crippen molar-refractivity contribution >= 4 is 35.1 Å². The van der Waals surface area contributed by atoms with Crippen LogP contribution in [0.4, 0.5) is 5.69 Å². The number of hydrogen-bond donors (Lipinski definition) is 3. The molecule has 0 aliphatic carbocycles. The van der Waals surface area contributed by atoms with Crippen LogP contribution in [-0.2, 0) is 14.3 Å². The first-order valence-electron chi connectivity index (χ1n) is 8.48. The van der Waals surface area contributed by atoms with Crippen LogP contribution in [0.3, 0.4) is 0 Å². The highest BCUT2D eigenvalue weighted by Gasteiger charge is 2.30. The average Bonchev–Trinajstić information content (AvgIpc) is 2.46. The Kier molecular flexibility index (Phi) is 7.80. The molecule has 0 bridgehead atoms. The Hall–Kier alpha value is -2.12. The van der Waals surface area contributed by atoms with E-state index in [1.54, 1.807) is 13.0 Å². The second kappa shape index (κ2) is 9.19. The second-order valence-electron chi connectivity index (χ2n) is 8.00. The molecule has 1 aromatic rings. The second-order valence-corrected chi connectivity index (χ2v) is 8.41. The molecule has 150 valence electrons. The number of amides is 2. The fourth-order valence-corrected chi connectivity index (χ4v) is 2.79. The van der Waals surface area contributed by atoms with E-state index < -0.39 is 17.4 Å². The van der Waals surface area contributed by atoms with Crippen molar-refractivity contribution in [2.24, 2.45) is 5.41 Å². The van der Waals surface area contributed by atoms with E-state index in [4.69, 9.17) is 21.4 Å². The first-order chi connectivity index (χ1) is 12.3. The third kappa shape index (κ3) is 7.97. The van der Waals surface area contributed by atoms with Crippen LogP contribution >= 0.6 is 11.6 Å². The summed E-state index contributed by atoms with van der Waals surface area (Å²) in [6.07, 6.45) is 0.00782. The zero-order valence-electron chi connectivity index (χ0n) is 16.3. The van der Waals surface area contributed by atoms with Gasteiger partial charge in [0.05, 0.1) is 29.2 Å². The van der Waals surface area contributed by atoms with E-state index in [0.29, 0.717) is 12.1 Å². The summed E-state index contributed by atoms with van der Waals surface area (Å²) >= 11 is 6.12. The van der Waals surface area contributed by atoms with Crippen LogP contribution in [0.15, 0.2) is 18.2 Å². The number of carboxylic acids is 1. The highest BCUT2D eigenvalue weighted by molar-refractivity contribution is 6.34. The number of anilines is 1. The number of hydrogen-bond acceptors (Lipinski definition) is 4. The van der Waals surface area contributed by atoms with Gasteiger partial charge in [-0.1, -0.05) is 32.4 Å². The van der Waals surface area contributed by atoms with Crippen LogP contribution in [0.5, 0.6) is 0 Å². The lowest BCUT2D eigenvalue weighted by Gasteiger charge is -2.28. The van der Waals surface area contributed by atoms with E-state index in [1.807, 2.05) is 20.8 Å². The minimum atomic E-state index is -1.10. The van der Waals surface area contributed by atoms with Gasteiger partial charge >= 0.3 is 5.97 Å². The van der Waals surface area contributed by atoms with Gasteiger partial charge in [-0.25, -0.2) is 0 Å². The molecule has 0 saturated carbocycles. The highest BCUT2D eigenvalue weighted by Crippen LogP contribution is 2.24. The van der Waals surface area contributed by atoms with Crippen molar-refractivity contribution in [3.8, 4) is 0 Å². The summed E-state index contributed by atoms with van der Waals surface area (Å²) in [6, 6.07) is 4.57.